The second-order valence-corrected chi connectivity index (χ2v) is 4.82. The number of aryl methyl sites for hydroxylation is 1. The number of benzene rings is 1. The van der Waals surface area contributed by atoms with Crippen molar-refractivity contribution in [1.29, 1.82) is 0 Å². The van der Waals surface area contributed by atoms with Gasteiger partial charge in [-0.25, -0.2) is 0 Å². The third-order valence-corrected chi connectivity index (χ3v) is 3.25. The summed E-state index contributed by atoms with van der Waals surface area (Å²) in [6, 6.07) is 7.09. The zero-order valence-corrected chi connectivity index (χ0v) is 14.0. The van der Waals surface area contributed by atoms with Gasteiger partial charge in [-0.15, -0.1) is 12.4 Å². The summed E-state index contributed by atoms with van der Waals surface area (Å²) in [6.07, 6.45) is 0. The number of para-hydroxylation sites is 1. The highest BCUT2D eigenvalue weighted by Gasteiger charge is 2.15. The number of carbonyl (C=O) groups is 1. The molecule has 0 saturated heterocycles. The summed E-state index contributed by atoms with van der Waals surface area (Å²) in [4.78, 5) is 24.4. The summed E-state index contributed by atoms with van der Waals surface area (Å²) in [5, 5.41) is 10.4. The van der Waals surface area contributed by atoms with Gasteiger partial charge < -0.3 is 15.4 Å². The molecule has 126 valence electrons. The number of hydrogen-bond acceptors (Lipinski definition) is 5. The van der Waals surface area contributed by atoms with E-state index in [0.717, 1.165) is 0 Å². The fourth-order valence-electron chi connectivity index (χ4n) is 2.12. The molecule has 7 nitrogen and oxygen atoms in total. The number of methoxy groups -OCH3 is 1. The topological polar surface area (TPSA) is 85.2 Å². The highest BCUT2D eigenvalue weighted by atomic mass is 35.5. The maximum Gasteiger partial charge on any atom is 0.275 e. The first-order valence-corrected chi connectivity index (χ1v) is 7.09. The van der Waals surface area contributed by atoms with Crippen molar-refractivity contribution in [2.45, 2.75) is 0 Å². The van der Waals surface area contributed by atoms with E-state index in [9.17, 15) is 9.59 Å². The summed E-state index contributed by atoms with van der Waals surface area (Å²) in [5.74, 6) is -0.458. The van der Waals surface area contributed by atoms with Crippen LogP contribution >= 0.6 is 12.4 Å². The number of rotatable bonds is 7. The molecule has 1 amide bonds. The molecule has 0 aliphatic heterocycles. The number of amides is 1. The fraction of sp³-hybridized carbons (Fsp3) is 0.400. The molecule has 8 heteroatoms. The Bertz CT molecular complexity index is 717. The van der Waals surface area contributed by atoms with E-state index in [1.54, 1.807) is 37.0 Å². The Morgan fingerprint density at radius 2 is 2.00 bits per heavy atom. The molecule has 1 aromatic carbocycles. The maximum absolute atomic E-state index is 12.3. The third kappa shape index (κ3) is 4.75. The lowest BCUT2D eigenvalue weighted by atomic mass is 10.2. The molecule has 23 heavy (non-hydrogen) atoms. The average molecular weight is 341 g/mol. The smallest absolute Gasteiger partial charge is 0.275 e. The molecule has 0 bridgehead atoms. The minimum absolute atomic E-state index is 0. The Morgan fingerprint density at radius 3 is 2.74 bits per heavy atom. The number of aromatic nitrogens is 2. The number of halogens is 1. The van der Waals surface area contributed by atoms with Crippen LogP contribution < -0.4 is 16.1 Å². The van der Waals surface area contributed by atoms with Gasteiger partial charge in [0.1, 0.15) is 0 Å². The molecule has 0 aliphatic rings. The van der Waals surface area contributed by atoms with Crippen LogP contribution in [0.15, 0.2) is 29.1 Å². The summed E-state index contributed by atoms with van der Waals surface area (Å²) in [6.45, 7) is 2.34. The number of nitrogens with one attached hydrogen (secondary N) is 2. The normalized spacial score (nSPS) is 10.3. The molecule has 0 saturated carbocycles. The molecular weight excluding hydrogens is 320 g/mol. The lowest BCUT2D eigenvalue weighted by molar-refractivity contribution is 0.0945. The lowest BCUT2D eigenvalue weighted by Crippen LogP contribution is -2.36. The van der Waals surface area contributed by atoms with Crippen molar-refractivity contribution < 1.29 is 9.53 Å². The number of hydrogen-bond donors (Lipinski definition) is 2. The van der Waals surface area contributed by atoms with E-state index in [0.29, 0.717) is 37.1 Å². The summed E-state index contributed by atoms with van der Waals surface area (Å²) in [5.41, 5.74) is 0.266. The monoisotopic (exact) mass is 340 g/mol. The molecule has 0 unspecified atom stereocenters. The van der Waals surface area contributed by atoms with Crippen molar-refractivity contribution in [3.8, 4) is 0 Å². The van der Waals surface area contributed by atoms with E-state index < -0.39 is 5.91 Å². The van der Waals surface area contributed by atoms with Crippen molar-refractivity contribution in [1.82, 2.24) is 20.4 Å². The quantitative estimate of drug-likeness (QED) is 0.709. The molecule has 1 aromatic heterocycles. The van der Waals surface area contributed by atoms with Gasteiger partial charge in [0.2, 0.25) is 5.43 Å². The lowest BCUT2D eigenvalue weighted by Gasteiger charge is -2.09. The highest BCUT2D eigenvalue weighted by molar-refractivity contribution is 5.95. The number of nitrogens with zero attached hydrogens (tertiary/aromatic N) is 2. The van der Waals surface area contributed by atoms with Crippen LogP contribution in [0.2, 0.25) is 0 Å². The molecule has 0 aliphatic carbocycles. The molecule has 0 radical (unpaired) electrons. The zero-order valence-electron chi connectivity index (χ0n) is 13.2. The van der Waals surface area contributed by atoms with Gasteiger partial charge in [0.25, 0.3) is 5.91 Å². The van der Waals surface area contributed by atoms with Crippen LogP contribution in [0.4, 0.5) is 0 Å². The van der Waals surface area contributed by atoms with Crippen molar-refractivity contribution in [2.24, 2.45) is 7.05 Å². The Hall–Kier alpha value is -1.96. The van der Waals surface area contributed by atoms with Gasteiger partial charge in [-0.3, -0.25) is 14.3 Å². The van der Waals surface area contributed by atoms with Crippen LogP contribution in [0.5, 0.6) is 0 Å². The van der Waals surface area contributed by atoms with Gasteiger partial charge in [0.05, 0.1) is 12.1 Å². The van der Waals surface area contributed by atoms with E-state index in [1.165, 1.54) is 0 Å². The molecule has 2 rings (SSSR count). The van der Waals surface area contributed by atoms with Gasteiger partial charge in [0.15, 0.2) is 5.69 Å². The minimum atomic E-state index is -0.458. The van der Waals surface area contributed by atoms with Crippen LogP contribution in [0.25, 0.3) is 10.9 Å². The van der Waals surface area contributed by atoms with Gasteiger partial charge in [-0.1, -0.05) is 12.1 Å². The summed E-state index contributed by atoms with van der Waals surface area (Å²) in [7, 11) is 3.34. The Labute approximate surface area is 140 Å². The predicted octanol–water partition coefficient (Wildman–Crippen LogP) is 0.321. The van der Waals surface area contributed by atoms with Crippen LogP contribution in [0, 0.1) is 0 Å². The van der Waals surface area contributed by atoms with E-state index >= 15 is 0 Å². The molecule has 2 aromatic rings. The first kappa shape index (κ1) is 19.1. The largest absolute Gasteiger partial charge is 0.383 e. The second kappa shape index (κ2) is 9.24. The highest BCUT2D eigenvalue weighted by Crippen LogP contribution is 2.07. The number of fused-ring (bicyclic) bond motifs is 1. The first-order valence-electron chi connectivity index (χ1n) is 7.09. The van der Waals surface area contributed by atoms with Gasteiger partial charge >= 0.3 is 0 Å². The maximum atomic E-state index is 12.3. The van der Waals surface area contributed by atoms with Crippen LogP contribution in [-0.2, 0) is 11.8 Å². The van der Waals surface area contributed by atoms with Crippen molar-refractivity contribution >= 4 is 29.2 Å². The molecular formula is C15H21ClN4O3. The Kier molecular flexibility index (Phi) is 7.67. The fourth-order valence-corrected chi connectivity index (χ4v) is 2.12. The Morgan fingerprint density at radius 1 is 1.26 bits per heavy atom. The van der Waals surface area contributed by atoms with Gasteiger partial charge in [0, 0.05) is 39.2 Å². The molecule has 0 fully saturated rings. The van der Waals surface area contributed by atoms with Gasteiger partial charge in [-0.05, 0) is 12.1 Å². The second-order valence-electron chi connectivity index (χ2n) is 4.82. The van der Waals surface area contributed by atoms with Crippen molar-refractivity contribution in [3.05, 3.63) is 40.2 Å². The van der Waals surface area contributed by atoms with Crippen LogP contribution in [0.1, 0.15) is 10.5 Å². The average Bonchev–Trinajstić information content (AvgIpc) is 2.54. The molecule has 2 N–H and O–H groups in total. The SMILES string of the molecule is COCCNCCNC(=O)c1nn(C)c2ccccc2c1=O.Cl. The first-order chi connectivity index (χ1) is 10.6. The van der Waals surface area contributed by atoms with E-state index in [1.807, 2.05) is 6.07 Å². The van der Waals surface area contributed by atoms with Crippen molar-refractivity contribution in [3.63, 3.8) is 0 Å². The standard InChI is InChI=1S/C15H20N4O3.ClH/c1-19-12-6-4-3-5-11(12)14(20)13(18-19)15(21)17-8-7-16-9-10-22-2;/h3-6,16H,7-10H2,1-2H3,(H,17,21);1H. The van der Waals surface area contributed by atoms with Crippen LogP contribution in [0.3, 0.4) is 0 Å². The molecule has 0 spiro atoms. The van der Waals surface area contributed by atoms with Crippen LogP contribution in [-0.4, -0.2) is 49.0 Å². The third-order valence-electron chi connectivity index (χ3n) is 3.25. The zero-order chi connectivity index (χ0) is 15.9. The number of ether oxygens (including phenoxy) is 1. The van der Waals surface area contributed by atoms with Crippen molar-refractivity contribution in [2.75, 3.05) is 33.4 Å². The van der Waals surface area contributed by atoms with E-state index in [4.69, 9.17) is 4.74 Å². The summed E-state index contributed by atoms with van der Waals surface area (Å²) >= 11 is 0. The van der Waals surface area contributed by atoms with E-state index in [-0.39, 0.29) is 23.5 Å². The molecule has 1 heterocycles. The minimum Gasteiger partial charge on any atom is -0.383 e. The summed E-state index contributed by atoms with van der Waals surface area (Å²) < 4.78 is 6.45. The van der Waals surface area contributed by atoms with Gasteiger partial charge in [-0.2, -0.15) is 5.10 Å². The Balaban J connectivity index is 0.00000264. The predicted molar refractivity (Wildman–Crippen MR) is 91.3 cm³/mol. The molecule has 0 atom stereocenters. The number of carbonyl (C=O) groups excluding carboxylic acids is 1. The van der Waals surface area contributed by atoms with E-state index in [2.05, 4.69) is 15.7 Å².